The predicted octanol–water partition coefficient (Wildman–Crippen LogP) is 5.53. The van der Waals surface area contributed by atoms with Crippen LogP contribution < -0.4 is 10.6 Å². The van der Waals surface area contributed by atoms with E-state index in [0.717, 1.165) is 12.8 Å². The van der Waals surface area contributed by atoms with E-state index in [4.69, 9.17) is 9.84 Å². The van der Waals surface area contributed by atoms with Crippen molar-refractivity contribution in [1.29, 1.82) is 0 Å². The van der Waals surface area contributed by atoms with Crippen molar-refractivity contribution in [3.05, 3.63) is 0 Å². The summed E-state index contributed by atoms with van der Waals surface area (Å²) in [4.78, 5) is 36.3. The largest absolute Gasteiger partial charge is 0.465 e. The van der Waals surface area contributed by atoms with Gasteiger partial charge in [-0.2, -0.15) is 11.8 Å². The first-order valence-corrected chi connectivity index (χ1v) is 15.5. The summed E-state index contributed by atoms with van der Waals surface area (Å²) in [5, 5.41) is 14.6. The number of hydrogen-bond donors (Lipinski definition) is 3. The zero-order valence-electron chi connectivity index (χ0n) is 23.3. The number of nitrogens with one attached hydrogen (secondary N) is 2. The summed E-state index contributed by atoms with van der Waals surface area (Å²) in [6.07, 6.45) is 18.1. The minimum absolute atomic E-state index is 0.163. The molecule has 36 heavy (non-hydrogen) atoms. The van der Waals surface area contributed by atoms with Crippen LogP contribution in [0.5, 0.6) is 0 Å². The minimum atomic E-state index is -0.676. The lowest BCUT2D eigenvalue weighted by molar-refractivity contribution is -0.143. The second kappa shape index (κ2) is 25.4. The molecular weight excluding hydrogens is 476 g/mol. The van der Waals surface area contributed by atoms with Gasteiger partial charge in [-0.3, -0.25) is 14.4 Å². The van der Waals surface area contributed by atoms with Crippen LogP contribution in [0.4, 0.5) is 0 Å². The number of amides is 2. The maximum atomic E-state index is 12.4. The first-order valence-electron chi connectivity index (χ1n) is 14.4. The third-order valence-corrected chi connectivity index (χ3v) is 7.08. The molecule has 2 unspecified atom stereocenters. The molecule has 0 aliphatic carbocycles. The molecule has 0 fully saturated rings. The predicted molar refractivity (Wildman–Crippen MR) is 150 cm³/mol. The molecule has 0 bridgehead atoms. The highest BCUT2D eigenvalue weighted by atomic mass is 32.2. The summed E-state index contributed by atoms with van der Waals surface area (Å²) in [5.41, 5.74) is 0. The van der Waals surface area contributed by atoms with Crippen LogP contribution in [0.25, 0.3) is 0 Å². The summed E-state index contributed by atoms with van der Waals surface area (Å²) >= 11 is 1.46. The summed E-state index contributed by atoms with van der Waals surface area (Å²) in [5.74, 6) is 0.302. The van der Waals surface area contributed by atoms with E-state index in [2.05, 4.69) is 17.6 Å². The van der Waals surface area contributed by atoms with Crippen LogP contribution in [0.15, 0.2) is 0 Å². The highest BCUT2D eigenvalue weighted by Crippen LogP contribution is 2.13. The molecule has 0 saturated heterocycles. The molecule has 0 aromatic heterocycles. The number of aliphatic hydroxyl groups is 1. The van der Waals surface area contributed by atoms with Gasteiger partial charge in [0.2, 0.25) is 11.8 Å². The van der Waals surface area contributed by atoms with Gasteiger partial charge in [-0.1, -0.05) is 90.9 Å². The Kier molecular flexibility index (Phi) is 24.5. The van der Waals surface area contributed by atoms with E-state index in [9.17, 15) is 14.4 Å². The number of hydrogen-bond acceptors (Lipinski definition) is 6. The second-order valence-corrected chi connectivity index (χ2v) is 10.9. The fourth-order valence-electron chi connectivity index (χ4n) is 3.84. The average Bonchev–Trinajstić information content (AvgIpc) is 2.85. The van der Waals surface area contributed by atoms with E-state index in [0.29, 0.717) is 37.4 Å². The molecule has 212 valence electrons. The fourth-order valence-corrected chi connectivity index (χ4v) is 4.68. The molecule has 2 amide bonds. The van der Waals surface area contributed by atoms with Gasteiger partial charge in [-0.05, 0) is 19.8 Å². The summed E-state index contributed by atoms with van der Waals surface area (Å²) < 4.78 is 5.31. The van der Waals surface area contributed by atoms with Gasteiger partial charge >= 0.3 is 5.97 Å². The van der Waals surface area contributed by atoms with Gasteiger partial charge in [-0.15, -0.1) is 0 Å². The standard InChI is InChI=1S/C28H54N2O5S/c1-4-6-7-8-9-10-11-12-13-14-15-16-17-19-27(33)35-20-21-36-23-25(30-26(32)18-5-2)28(34)29-24(3)22-31/h24-25,31H,4-23H2,1-3H3,(H,29,34)(H,30,32). The zero-order chi connectivity index (χ0) is 26.9. The highest BCUT2D eigenvalue weighted by molar-refractivity contribution is 7.99. The van der Waals surface area contributed by atoms with E-state index >= 15 is 0 Å². The molecular formula is C28H54N2O5S. The van der Waals surface area contributed by atoms with E-state index in [1.54, 1.807) is 6.92 Å². The molecule has 0 radical (unpaired) electrons. The van der Waals surface area contributed by atoms with Crippen molar-refractivity contribution in [2.75, 3.05) is 24.7 Å². The molecule has 0 saturated carbocycles. The Morgan fingerprint density at radius 3 is 1.86 bits per heavy atom. The molecule has 0 aliphatic heterocycles. The van der Waals surface area contributed by atoms with Crippen molar-refractivity contribution in [1.82, 2.24) is 10.6 Å². The Bertz CT molecular complexity index is 562. The highest BCUT2D eigenvalue weighted by Gasteiger charge is 2.21. The van der Waals surface area contributed by atoms with Gasteiger partial charge in [0, 0.05) is 30.4 Å². The molecule has 0 heterocycles. The number of thioether (sulfide) groups is 1. The van der Waals surface area contributed by atoms with Crippen molar-refractivity contribution in [3.63, 3.8) is 0 Å². The maximum Gasteiger partial charge on any atom is 0.305 e. The van der Waals surface area contributed by atoms with Crippen molar-refractivity contribution < 1.29 is 24.2 Å². The average molecular weight is 531 g/mol. The van der Waals surface area contributed by atoms with Gasteiger partial charge in [0.1, 0.15) is 12.6 Å². The summed E-state index contributed by atoms with van der Waals surface area (Å²) in [7, 11) is 0. The van der Waals surface area contributed by atoms with Gasteiger partial charge in [0.25, 0.3) is 0 Å². The Balaban J connectivity index is 3.79. The molecule has 0 spiro atoms. The van der Waals surface area contributed by atoms with Crippen LogP contribution in [0.3, 0.4) is 0 Å². The Hall–Kier alpha value is -1.28. The molecule has 0 rings (SSSR count). The first kappa shape index (κ1) is 34.7. The third-order valence-electron chi connectivity index (χ3n) is 6.05. The summed E-state index contributed by atoms with van der Waals surface area (Å²) in [6.45, 7) is 6.00. The number of ether oxygens (including phenoxy) is 1. The molecule has 8 heteroatoms. The number of carbonyl (C=O) groups excluding carboxylic acids is 3. The SMILES string of the molecule is CCCCCCCCCCCCCCCC(=O)OCCSCC(NC(=O)CCC)C(=O)NC(C)CO. The van der Waals surface area contributed by atoms with E-state index < -0.39 is 6.04 Å². The van der Waals surface area contributed by atoms with E-state index in [1.165, 1.54) is 82.4 Å². The van der Waals surface area contributed by atoms with Crippen LogP contribution in [0.1, 0.15) is 124 Å². The molecule has 3 N–H and O–H groups in total. The normalized spacial score (nSPS) is 12.7. The van der Waals surface area contributed by atoms with Crippen molar-refractivity contribution >= 4 is 29.5 Å². The van der Waals surface area contributed by atoms with Crippen LogP contribution >= 0.6 is 11.8 Å². The van der Waals surface area contributed by atoms with Gasteiger partial charge < -0.3 is 20.5 Å². The smallest absolute Gasteiger partial charge is 0.305 e. The fraction of sp³-hybridized carbons (Fsp3) is 0.893. The molecule has 7 nitrogen and oxygen atoms in total. The lowest BCUT2D eigenvalue weighted by Gasteiger charge is -2.20. The Morgan fingerprint density at radius 2 is 1.33 bits per heavy atom. The molecule has 0 aromatic rings. The topological polar surface area (TPSA) is 105 Å². The lowest BCUT2D eigenvalue weighted by atomic mass is 10.0. The maximum absolute atomic E-state index is 12.4. The summed E-state index contributed by atoms with van der Waals surface area (Å²) in [6, 6.07) is -1.05. The van der Waals surface area contributed by atoms with E-state index in [1.807, 2.05) is 6.92 Å². The third kappa shape index (κ3) is 22.0. The monoisotopic (exact) mass is 530 g/mol. The van der Waals surface area contributed by atoms with Crippen molar-refractivity contribution in [3.8, 4) is 0 Å². The number of esters is 1. The van der Waals surface area contributed by atoms with Crippen LogP contribution in [-0.2, 0) is 19.1 Å². The van der Waals surface area contributed by atoms with Crippen LogP contribution in [0, 0.1) is 0 Å². The molecule has 2 atom stereocenters. The molecule has 0 aromatic carbocycles. The Labute approximate surface area is 224 Å². The van der Waals surface area contributed by atoms with Crippen LogP contribution in [-0.4, -0.2) is 59.7 Å². The van der Waals surface area contributed by atoms with Crippen molar-refractivity contribution in [2.24, 2.45) is 0 Å². The van der Waals surface area contributed by atoms with Gasteiger partial charge in [-0.25, -0.2) is 0 Å². The van der Waals surface area contributed by atoms with Gasteiger partial charge in [0.15, 0.2) is 0 Å². The van der Waals surface area contributed by atoms with Crippen LogP contribution in [0.2, 0.25) is 0 Å². The minimum Gasteiger partial charge on any atom is -0.465 e. The number of rotatable bonds is 25. The van der Waals surface area contributed by atoms with E-state index in [-0.39, 0.29) is 30.4 Å². The molecule has 0 aliphatic rings. The number of unbranched alkanes of at least 4 members (excludes halogenated alkanes) is 12. The number of aliphatic hydroxyl groups excluding tert-OH is 1. The first-order chi connectivity index (χ1) is 17.4. The zero-order valence-corrected chi connectivity index (χ0v) is 24.1. The van der Waals surface area contributed by atoms with Gasteiger partial charge in [0.05, 0.1) is 6.61 Å². The Morgan fingerprint density at radius 1 is 0.778 bits per heavy atom. The number of carbonyl (C=O) groups is 3. The second-order valence-electron chi connectivity index (χ2n) is 9.75. The quantitative estimate of drug-likeness (QED) is 0.106. The van der Waals surface area contributed by atoms with Crippen molar-refractivity contribution in [2.45, 2.75) is 136 Å². The lowest BCUT2D eigenvalue weighted by Crippen LogP contribution is -2.51.